The Bertz CT molecular complexity index is 2440. The zero-order valence-corrected chi connectivity index (χ0v) is 34.5. The van der Waals surface area contributed by atoms with E-state index in [1.807, 2.05) is 56.7 Å². The van der Waals surface area contributed by atoms with E-state index >= 15 is 0 Å². The fraction of sp³-hybridized carbons (Fsp3) is 0.455. The Kier molecular flexibility index (Phi) is 10.7. The smallest absolute Gasteiger partial charge is 0.407 e. The van der Waals surface area contributed by atoms with Gasteiger partial charge in [0.15, 0.2) is 0 Å². The summed E-state index contributed by atoms with van der Waals surface area (Å²) in [6, 6.07) is 12.7. The van der Waals surface area contributed by atoms with Crippen LogP contribution in [-0.2, 0) is 25.7 Å². The number of likely N-dealkylation sites (tertiary alicyclic amines) is 2. The van der Waals surface area contributed by atoms with Gasteiger partial charge in [-0.05, 0) is 98.2 Å². The summed E-state index contributed by atoms with van der Waals surface area (Å²) in [5, 5.41) is 7.37. The van der Waals surface area contributed by atoms with Gasteiger partial charge in [-0.15, -0.1) is 0 Å². The van der Waals surface area contributed by atoms with Crippen molar-refractivity contribution in [1.82, 2.24) is 40.4 Å². The minimum absolute atomic E-state index is 0.00393. The monoisotopic (exact) mass is 804 g/mol. The maximum atomic E-state index is 14.0. The lowest BCUT2D eigenvalue weighted by Gasteiger charge is -2.32. The highest BCUT2D eigenvalue weighted by Crippen LogP contribution is 2.44. The van der Waals surface area contributed by atoms with E-state index in [2.05, 4.69) is 57.0 Å². The summed E-state index contributed by atoms with van der Waals surface area (Å²) >= 11 is 0. The number of ether oxygens (including phenoxy) is 3. The van der Waals surface area contributed by atoms with Gasteiger partial charge < -0.3 is 44.6 Å². The molecule has 0 bridgehead atoms. The van der Waals surface area contributed by atoms with Gasteiger partial charge in [-0.2, -0.15) is 0 Å². The van der Waals surface area contributed by atoms with E-state index in [4.69, 9.17) is 24.2 Å². The zero-order valence-electron chi connectivity index (χ0n) is 34.5. The molecule has 2 saturated heterocycles. The number of imidazole rings is 2. The predicted molar refractivity (Wildman–Crippen MR) is 221 cm³/mol. The molecule has 3 aliphatic rings. The van der Waals surface area contributed by atoms with Crippen LogP contribution in [0.25, 0.3) is 44.2 Å². The highest BCUT2D eigenvalue weighted by molar-refractivity contribution is 6.07. The van der Waals surface area contributed by atoms with Crippen molar-refractivity contribution in [2.75, 3.05) is 14.2 Å². The summed E-state index contributed by atoms with van der Waals surface area (Å²) in [7, 11) is 2.58. The number of hydrogen-bond acceptors (Lipinski definition) is 9. The first-order valence-electron chi connectivity index (χ1n) is 20.5. The molecule has 0 aliphatic carbocycles. The summed E-state index contributed by atoms with van der Waals surface area (Å²) in [6.45, 7) is 10.1. The SMILES string of the molecule is CCC(NC(=O)OC)C(=O)N1C(C)CCC1c1ncc(-c2ccc3c(c2)COc2cc4c(ccc5[nH]c(C6CCC(C)N6C(=O)C(NC(=O)OC)C(C)C)nc54)cc2-3)[nH]1. The third-order valence-electron chi connectivity index (χ3n) is 12.3. The molecule has 4 amide bonds. The van der Waals surface area contributed by atoms with Crippen LogP contribution in [0.3, 0.4) is 0 Å². The maximum Gasteiger partial charge on any atom is 0.407 e. The van der Waals surface area contributed by atoms with Gasteiger partial charge in [0, 0.05) is 23.0 Å². The molecular formula is C44H52N8O7. The normalized spacial score (nSPS) is 20.9. The summed E-state index contributed by atoms with van der Waals surface area (Å²) in [5.74, 6) is 1.76. The van der Waals surface area contributed by atoms with E-state index in [0.717, 1.165) is 81.2 Å². The molecule has 5 aromatic rings. The van der Waals surface area contributed by atoms with Crippen LogP contribution in [0.4, 0.5) is 9.59 Å². The molecule has 0 radical (unpaired) electrons. The molecule has 0 spiro atoms. The Morgan fingerprint density at radius 3 is 2.24 bits per heavy atom. The molecule has 3 aliphatic heterocycles. The molecule has 0 saturated carbocycles. The van der Waals surface area contributed by atoms with Crippen molar-refractivity contribution >= 4 is 45.8 Å². The Morgan fingerprint density at radius 2 is 1.54 bits per heavy atom. The van der Waals surface area contributed by atoms with Gasteiger partial charge in [0.05, 0.1) is 49.2 Å². The summed E-state index contributed by atoms with van der Waals surface area (Å²) in [6.07, 6.45) is 4.14. The first-order chi connectivity index (χ1) is 28.4. The molecule has 310 valence electrons. The van der Waals surface area contributed by atoms with E-state index in [0.29, 0.717) is 24.7 Å². The van der Waals surface area contributed by atoms with Gasteiger partial charge >= 0.3 is 12.2 Å². The molecule has 59 heavy (non-hydrogen) atoms. The third kappa shape index (κ3) is 7.20. The number of benzene rings is 3. The van der Waals surface area contributed by atoms with E-state index < -0.39 is 24.3 Å². The van der Waals surface area contributed by atoms with Crippen molar-refractivity contribution in [2.45, 2.75) is 110 Å². The van der Waals surface area contributed by atoms with Crippen LogP contribution < -0.4 is 15.4 Å². The molecule has 6 atom stereocenters. The molecule has 2 fully saturated rings. The summed E-state index contributed by atoms with van der Waals surface area (Å²) < 4.78 is 16.0. The van der Waals surface area contributed by atoms with Crippen molar-refractivity contribution in [3.05, 3.63) is 65.9 Å². The van der Waals surface area contributed by atoms with Crippen molar-refractivity contribution < 1.29 is 33.4 Å². The minimum Gasteiger partial charge on any atom is -0.488 e. The van der Waals surface area contributed by atoms with Crippen molar-refractivity contribution in [1.29, 1.82) is 0 Å². The number of aromatic amines is 2. The van der Waals surface area contributed by atoms with E-state index in [-0.39, 0.29) is 41.9 Å². The van der Waals surface area contributed by atoms with Crippen LogP contribution in [0, 0.1) is 5.92 Å². The number of aromatic nitrogens is 4. The maximum absolute atomic E-state index is 14.0. The van der Waals surface area contributed by atoms with Gasteiger partial charge in [0.1, 0.15) is 36.1 Å². The van der Waals surface area contributed by atoms with Crippen LogP contribution in [0.15, 0.2) is 48.7 Å². The van der Waals surface area contributed by atoms with Crippen LogP contribution in [0.1, 0.15) is 96.0 Å². The van der Waals surface area contributed by atoms with E-state index in [1.54, 1.807) is 0 Å². The highest BCUT2D eigenvalue weighted by Gasteiger charge is 2.42. The van der Waals surface area contributed by atoms with Crippen LogP contribution in [0.5, 0.6) is 5.75 Å². The fourth-order valence-electron chi connectivity index (χ4n) is 9.11. The second-order valence-corrected chi connectivity index (χ2v) is 16.3. The number of H-pyrrole nitrogens is 2. The molecule has 15 heteroatoms. The number of hydrogen-bond donors (Lipinski definition) is 4. The summed E-state index contributed by atoms with van der Waals surface area (Å²) in [4.78, 5) is 72.3. The second-order valence-electron chi connectivity index (χ2n) is 16.3. The first-order valence-corrected chi connectivity index (χ1v) is 20.5. The largest absolute Gasteiger partial charge is 0.488 e. The minimum atomic E-state index is -0.725. The van der Waals surface area contributed by atoms with Gasteiger partial charge in [-0.3, -0.25) is 9.59 Å². The lowest BCUT2D eigenvalue weighted by molar-refractivity contribution is -0.137. The number of fused-ring (bicyclic) bond motifs is 6. The summed E-state index contributed by atoms with van der Waals surface area (Å²) in [5.41, 5.74) is 6.59. The number of carbonyl (C=O) groups is 4. The highest BCUT2D eigenvalue weighted by atomic mass is 16.5. The van der Waals surface area contributed by atoms with Crippen molar-refractivity contribution in [2.24, 2.45) is 5.92 Å². The number of nitrogens with zero attached hydrogens (tertiary/aromatic N) is 4. The molecule has 2 aromatic heterocycles. The van der Waals surface area contributed by atoms with Gasteiger partial charge in [0.2, 0.25) is 11.8 Å². The molecule has 15 nitrogen and oxygen atoms in total. The number of methoxy groups -OCH3 is 2. The standard InChI is InChI=1S/C44H52N8O7/c1-8-31(48-43(55)57-6)41(53)51-23(4)9-15-34(51)39-45-20-33(47-39)26-11-13-28-27(17-26)21-59-36-19-29-25(18-30(28)36)12-14-32-38(29)49-40(46-32)35-16-10-24(5)52(35)42(54)37(22(2)3)50-44(56)58-7/h11-14,17-20,22-24,31,34-35,37H,8-10,15-16,21H2,1-7H3,(H,45,47)(H,46,49)(H,48,55)(H,50,56). The Morgan fingerprint density at radius 1 is 0.847 bits per heavy atom. The van der Waals surface area contributed by atoms with Gasteiger partial charge in [-0.25, -0.2) is 19.6 Å². The average molecular weight is 805 g/mol. The number of amides is 4. The predicted octanol–water partition coefficient (Wildman–Crippen LogP) is 7.28. The number of rotatable bonds is 9. The molecule has 6 unspecified atom stereocenters. The van der Waals surface area contributed by atoms with E-state index in [9.17, 15) is 19.2 Å². The Hall–Kier alpha value is -6.12. The third-order valence-corrected chi connectivity index (χ3v) is 12.3. The number of alkyl carbamates (subject to hydrolysis) is 2. The molecule has 4 N–H and O–H groups in total. The molecule has 5 heterocycles. The van der Waals surface area contributed by atoms with Gasteiger partial charge in [0.25, 0.3) is 0 Å². The number of carbonyl (C=O) groups excluding carboxylic acids is 4. The molecule has 3 aromatic carbocycles. The average Bonchev–Trinajstić information content (AvgIpc) is 4.06. The number of nitrogens with one attached hydrogen (secondary N) is 4. The quantitative estimate of drug-likeness (QED) is 0.119. The van der Waals surface area contributed by atoms with Crippen molar-refractivity contribution in [3.8, 4) is 28.1 Å². The van der Waals surface area contributed by atoms with E-state index in [1.165, 1.54) is 14.2 Å². The Labute approximate surface area is 342 Å². The first kappa shape index (κ1) is 39.7. The fourth-order valence-corrected chi connectivity index (χ4v) is 9.11. The van der Waals surface area contributed by atoms with Gasteiger partial charge in [-0.1, -0.05) is 39.0 Å². The molecular weight excluding hydrogens is 753 g/mol. The van der Waals surface area contributed by atoms with Crippen molar-refractivity contribution in [3.63, 3.8) is 0 Å². The Balaban J connectivity index is 1.05. The second kappa shape index (κ2) is 15.9. The lowest BCUT2D eigenvalue weighted by Crippen LogP contribution is -2.52. The van der Waals surface area contributed by atoms with Crippen LogP contribution in [-0.4, -0.2) is 92.1 Å². The van der Waals surface area contributed by atoms with Crippen LogP contribution >= 0.6 is 0 Å². The topological polar surface area (TPSA) is 184 Å². The molecule has 8 rings (SSSR count). The van der Waals surface area contributed by atoms with Crippen LogP contribution in [0.2, 0.25) is 0 Å². The lowest BCUT2D eigenvalue weighted by atomic mass is 9.92. The zero-order chi connectivity index (χ0) is 41.7.